The van der Waals surface area contributed by atoms with E-state index in [-0.39, 0.29) is 17.5 Å². The summed E-state index contributed by atoms with van der Waals surface area (Å²) in [6, 6.07) is 4.99. The highest BCUT2D eigenvalue weighted by Gasteiger charge is 2.48. The Hall–Kier alpha value is -1.60. The van der Waals surface area contributed by atoms with E-state index in [2.05, 4.69) is 0 Å². The Morgan fingerprint density at radius 2 is 1.92 bits per heavy atom. The molecule has 25 heavy (non-hydrogen) atoms. The first-order chi connectivity index (χ1) is 11.8. The molecular formula is C18H23F3N2O2. The van der Waals surface area contributed by atoms with Gasteiger partial charge in [0.25, 0.3) is 0 Å². The normalized spacial score (nSPS) is 24.4. The first-order valence-electron chi connectivity index (χ1n) is 8.60. The Labute approximate surface area is 145 Å². The molecule has 2 fully saturated rings. The van der Waals surface area contributed by atoms with E-state index in [1.807, 2.05) is 4.90 Å². The van der Waals surface area contributed by atoms with Crippen LogP contribution in [0.1, 0.15) is 36.8 Å². The Kier molecular flexibility index (Phi) is 5.06. The number of hydrogen-bond acceptors (Lipinski definition) is 3. The van der Waals surface area contributed by atoms with Crippen LogP contribution in [0, 0.1) is 5.41 Å². The number of carbonyl (C=O) groups is 1. The third kappa shape index (κ3) is 3.67. The number of likely N-dealkylation sites (tertiary alicyclic amines) is 1. The van der Waals surface area contributed by atoms with Gasteiger partial charge in [-0.2, -0.15) is 13.2 Å². The van der Waals surface area contributed by atoms with Crippen molar-refractivity contribution >= 4 is 5.91 Å². The van der Waals surface area contributed by atoms with Crippen molar-refractivity contribution in [2.45, 2.75) is 44.4 Å². The zero-order valence-electron chi connectivity index (χ0n) is 14.0. The van der Waals surface area contributed by atoms with Crippen molar-refractivity contribution in [1.29, 1.82) is 0 Å². The molecule has 138 valence electrons. The molecule has 1 atom stereocenters. The monoisotopic (exact) mass is 356 g/mol. The number of rotatable bonds is 3. The van der Waals surface area contributed by atoms with Gasteiger partial charge >= 0.3 is 6.18 Å². The molecule has 0 aromatic heterocycles. The number of halogens is 3. The maximum Gasteiger partial charge on any atom is 0.416 e. The number of hydrogen-bond donors (Lipinski definition) is 1. The number of nitrogens with two attached hydrogens (primary N) is 1. The van der Waals surface area contributed by atoms with Crippen LogP contribution in [-0.2, 0) is 22.3 Å². The lowest BCUT2D eigenvalue weighted by atomic mass is 9.67. The highest BCUT2D eigenvalue weighted by atomic mass is 19.4. The number of piperidine rings is 1. The van der Waals surface area contributed by atoms with Crippen LogP contribution in [0.5, 0.6) is 0 Å². The lowest BCUT2D eigenvalue weighted by molar-refractivity contribution is -0.140. The Morgan fingerprint density at radius 1 is 1.24 bits per heavy atom. The summed E-state index contributed by atoms with van der Waals surface area (Å²) < 4.78 is 45.3. The van der Waals surface area contributed by atoms with E-state index in [0.29, 0.717) is 19.8 Å². The lowest BCUT2D eigenvalue weighted by Crippen LogP contribution is -2.59. The molecule has 1 unspecified atom stereocenters. The second kappa shape index (κ2) is 6.96. The van der Waals surface area contributed by atoms with Crippen molar-refractivity contribution in [3.63, 3.8) is 0 Å². The maximum absolute atomic E-state index is 13.3. The Balaban J connectivity index is 1.90. The number of nitrogens with zero attached hydrogens (tertiary/aromatic N) is 1. The molecule has 0 radical (unpaired) electrons. The van der Waals surface area contributed by atoms with Crippen LogP contribution in [-0.4, -0.2) is 36.6 Å². The van der Waals surface area contributed by atoms with Gasteiger partial charge in [-0.3, -0.25) is 9.69 Å². The molecule has 2 saturated heterocycles. The van der Waals surface area contributed by atoms with Crippen molar-refractivity contribution in [1.82, 2.24) is 4.90 Å². The van der Waals surface area contributed by atoms with Crippen LogP contribution in [0.2, 0.25) is 0 Å². The third-order valence-electron chi connectivity index (χ3n) is 5.52. The highest BCUT2D eigenvalue weighted by molar-refractivity contribution is 5.81. The third-order valence-corrected chi connectivity index (χ3v) is 5.52. The van der Waals surface area contributed by atoms with Crippen molar-refractivity contribution in [3.8, 4) is 0 Å². The summed E-state index contributed by atoms with van der Waals surface area (Å²) in [5, 5.41) is 0. The molecule has 2 aliphatic rings. The van der Waals surface area contributed by atoms with Crippen molar-refractivity contribution < 1.29 is 22.7 Å². The zero-order valence-corrected chi connectivity index (χ0v) is 14.0. The van der Waals surface area contributed by atoms with Gasteiger partial charge in [-0.1, -0.05) is 18.2 Å². The van der Waals surface area contributed by atoms with Gasteiger partial charge in [0.1, 0.15) is 0 Å². The second-order valence-corrected chi connectivity index (χ2v) is 7.01. The summed E-state index contributed by atoms with van der Waals surface area (Å²) in [5.74, 6) is -0.453. The average molecular weight is 356 g/mol. The predicted octanol–water partition coefficient (Wildman–Crippen LogP) is 2.95. The number of benzene rings is 1. The van der Waals surface area contributed by atoms with Gasteiger partial charge in [0.15, 0.2) is 0 Å². The van der Waals surface area contributed by atoms with Crippen LogP contribution in [0.4, 0.5) is 13.2 Å². The minimum atomic E-state index is -4.41. The minimum absolute atomic E-state index is 0.0753. The van der Waals surface area contributed by atoms with Crippen LogP contribution in [0.15, 0.2) is 24.3 Å². The van der Waals surface area contributed by atoms with Gasteiger partial charge in [-0.05, 0) is 49.3 Å². The zero-order chi connectivity index (χ0) is 18.1. The van der Waals surface area contributed by atoms with E-state index in [4.69, 9.17) is 10.5 Å². The predicted molar refractivity (Wildman–Crippen MR) is 86.6 cm³/mol. The molecule has 1 amide bonds. The van der Waals surface area contributed by atoms with Gasteiger partial charge in [0.2, 0.25) is 5.91 Å². The second-order valence-electron chi connectivity index (χ2n) is 7.01. The molecule has 0 bridgehead atoms. The summed E-state index contributed by atoms with van der Waals surface area (Å²) in [4.78, 5) is 14.1. The van der Waals surface area contributed by atoms with Crippen LogP contribution < -0.4 is 5.73 Å². The molecule has 4 nitrogen and oxygen atoms in total. The fourth-order valence-corrected chi connectivity index (χ4v) is 4.39. The van der Waals surface area contributed by atoms with Crippen LogP contribution in [0.25, 0.3) is 0 Å². The Morgan fingerprint density at radius 3 is 2.56 bits per heavy atom. The SMILES string of the molecule is NC(=O)C1N(Cc2ccccc2C(F)(F)F)CCCC12CCOCC2. The fourth-order valence-electron chi connectivity index (χ4n) is 4.39. The number of amides is 1. The van der Waals surface area contributed by atoms with Crippen LogP contribution >= 0.6 is 0 Å². The molecule has 0 aliphatic carbocycles. The number of alkyl halides is 3. The summed E-state index contributed by atoms with van der Waals surface area (Å²) in [6.07, 6.45) is -1.26. The van der Waals surface area contributed by atoms with Gasteiger partial charge in [0.05, 0.1) is 11.6 Å². The van der Waals surface area contributed by atoms with E-state index in [1.54, 1.807) is 6.07 Å². The lowest BCUT2D eigenvalue weighted by Gasteiger charge is -2.50. The van der Waals surface area contributed by atoms with Crippen molar-refractivity contribution in [3.05, 3.63) is 35.4 Å². The molecule has 3 rings (SSSR count). The largest absolute Gasteiger partial charge is 0.416 e. The Bertz CT molecular complexity index is 621. The van der Waals surface area contributed by atoms with E-state index >= 15 is 0 Å². The molecular weight excluding hydrogens is 333 g/mol. The average Bonchev–Trinajstić information content (AvgIpc) is 2.55. The molecule has 2 N–H and O–H groups in total. The van der Waals surface area contributed by atoms with Gasteiger partial charge < -0.3 is 10.5 Å². The highest BCUT2D eigenvalue weighted by Crippen LogP contribution is 2.45. The standard InChI is InChI=1S/C18H23F3N2O2/c19-18(20,21)14-5-2-1-4-13(14)12-23-9-3-6-17(15(23)16(22)24)7-10-25-11-8-17/h1-2,4-5,15H,3,6-12H2,(H2,22,24). The van der Waals surface area contributed by atoms with Crippen molar-refractivity contribution in [2.75, 3.05) is 19.8 Å². The minimum Gasteiger partial charge on any atom is -0.381 e. The van der Waals surface area contributed by atoms with Gasteiger partial charge in [0, 0.05) is 19.8 Å². The molecule has 2 aliphatic heterocycles. The molecule has 2 heterocycles. The molecule has 0 saturated carbocycles. The van der Waals surface area contributed by atoms with Gasteiger partial charge in [-0.25, -0.2) is 0 Å². The molecule has 7 heteroatoms. The fraction of sp³-hybridized carbons (Fsp3) is 0.611. The van der Waals surface area contributed by atoms with E-state index in [1.165, 1.54) is 12.1 Å². The molecule has 1 aromatic rings. The number of primary amides is 1. The van der Waals surface area contributed by atoms with E-state index in [9.17, 15) is 18.0 Å². The van der Waals surface area contributed by atoms with Crippen LogP contribution in [0.3, 0.4) is 0 Å². The quantitative estimate of drug-likeness (QED) is 0.906. The van der Waals surface area contributed by atoms with Crippen molar-refractivity contribution in [2.24, 2.45) is 11.1 Å². The topological polar surface area (TPSA) is 55.6 Å². The van der Waals surface area contributed by atoms with Gasteiger partial charge in [-0.15, -0.1) is 0 Å². The van der Waals surface area contributed by atoms with E-state index < -0.39 is 23.7 Å². The summed E-state index contributed by atoms with van der Waals surface area (Å²) in [6.45, 7) is 1.78. The first kappa shape index (κ1) is 18.2. The smallest absolute Gasteiger partial charge is 0.381 e. The number of ether oxygens (including phenoxy) is 1. The summed E-state index contributed by atoms with van der Waals surface area (Å²) in [7, 11) is 0. The maximum atomic E-state index is 13.3. The first-order valence-corrected chi connectivity index (χ1v) is 8.60. The summed E-state index contributed by atoms with van der Waals surface area (Å²) in [5.41, 5.74) is 4.95. The van der Waals surface area contributed by atoms with E-state index in [0.717, 1.165) is 31.7 Å². The molecule has 1 aromatic carbocycles. The summed E-state index contributed by atoms with van der Waals surface area (Å²) >= 11 is 0. The molecule has 1 spiro atoms. The number of carbonyl (C=O) groups excluding carboxylic acids is 1.